The highest BCUT2D eigenvalue weighted by molar-refractivity contribution is 7.81. The summed E-state index contributed by atoms with van der Waals surface area (Å²) in [5, 5.41) is 2.89. The van der Waals surface area contributed by atoms with Crippen LogP contribution in [0.4, 0.5) is 0 Å². The molecule has 1 fully saturated rings. The summed E-state index contributed by atoms with van der Waals surface area (Å²) in [5.74, 6) is 1.48. The van der Waals surface area contributed by atoms with E-state index in [1.165, 1.54) is 12.8 Å². The molecular weight excluding hydrogens is 194 g/mol. The fraction of sp³-hybridized carbons (Fsp3) is 0.909. The second-order valence-electron chi connectivity index (χ2n) is 4.40. The number of hydrogen-bond donors (Lipinski definition) is 2. The molecule has 0 aromatic heterocycles. The number of nitrogens with one attached hydrogen (secondary N) is 1. The van der Waals surface area contributed by atoms with Crippen molar-refractivity contribution < 1.29 is 4.79 Å². The Morgan fingerprint density at radius 2 is 2.21 bits per heavy atom. The van der Waals surface area contributed by atoms with Crippen molar-refractivity contribution in [2.45, 2.75) is 51.3 Å². The van der Waals surface area contributed by atoms with Crippen LogP contribution in [0.3, 0.4) is 0 Å². The van der Waals surface area contributed by atoms with E-state index in [9.17, 15) is 4.79 Å². The van der Waals surface area contributed by atoms with Crippen molar-refractivity contribution in [2.75, 3.05) is 0 Å². The van der Waals surface area contributed by atoms with Crippen molar-refractivity contribution in [1.82, 2.24) is 5.32 Å². The number of rotatable bonds is 3. The quantitative estimate of drug-likeness (QED) is 0.695. The summed E-state index contributed by atoms with van der Waals surface area (Å²) in [7, 11) is 0. The Bertz CT molecular complexity index is 205. The maximum absolute atomic E-state index is 11.5. The zero-order valence-corrected chi connectivity index (χ0v) is 10.2. The van der Waals surface area contributed by atoms with E-state index in [2.05, 4.69) is 31.8 Å². The fourth-order valence-corrected chi connectivity index (χ4v) is 2.41. The number of thiol groups is 1. The number of amides is 1. The van der Waals surface area contributed by atoms with E-state index in [0.29, 0.717) is 12.0 Å². The molecule has 1 amide bonds. The topological polar surface area (TPSA) is 29.1 Å². The van der Waals surface area contributed by atoms with Gasteiger partial charge in [0, 0.05) is 6.04 Å². The molecule has 0 radical (unpaired) electrons. The van der Waals surface area contributed by atoms with Crippen molar-refractivity contribution in [3.63, 3.8) is 0 Å². The third kappa shape index (κ3) is 2.66. The molecule has 4 atom stereocenters. The molecule has 4 unspecified atom stereocenters. The smallest absolute Gasteiger partial charge is 0.232 e. The first-order valence-electron chi connectivity index (χ1n) is 5.54. The maximum Gasteiger partial charge on any atom is 0.232 e. The Morgan fingerprint density at radius 1 is 1.57 bits per heavy atom. The molecule has 0 heterocycles. The third-order valence-electron chi connectivity index (χ3n) is 3.46. The summed E-state index contributed by atoms with van der Waals surface area (Å²) in [5.41, 5.74) is 0. The molecule has 2 nitrogen and oxygen atoms in total. The summed E-state index contributed by atoms with van der Waals surface area (Å²) in [4.78, 5) is 11.5. The van der Waals surface area contributed by atoms with Gasteiger partial charge in [0.25, 0.3) is 0 Å². The zero-order valence-electron chi connectivity index (χ0n) is 9.29. The first kappa shape index (κ1) is 11.9. The Morgan fingerprint density at radius 3 is 2.64 bits per heavy atom. The van der Waals surface area contributed by atoms with Crippen LogP contribution in [0.25, 0.3) is 0 Å². The second-order valence-corrected chi connectivity index (χ2v) is 5.17. The van der Waals surface area contributed by atoms with Gasteiger partial charge in [0.15, 0.2) is 0 Å². The summed E-state index contributed by atoms with van der Waals surface area (Å²) in [6.45, 7) is 6.29. The van der Waals surface area contributed by atoms with Crippen LogP contribution in [0.2, 0.25) is 0 Å². The molecule has 0 aromatic carbocycles. The molecule has 1 aliphatic carbocycles. The average Bonchev–Trinajstić information content (AvgIpc) is 2.47. The minimum absolute atomic E-state index is 0.0712. The van der Waals surface area contributed by atoms with Crippen LogP contribution in [-0.4, -0.2) is 17.2 Å². The molecule has 82 valence electrons. The highest BCUT2D eigenvalue weighted by Crippen LogP contribution is 2.33. The monoisotopic (exact) mass is 215 g/mol. The molecule has 1 N–H and O–H groups in total. The van der Waals surface area contributed by atoms with Gasteiger partial charge in [-0.2, -0.15) is 12.6 Å². The van der Waals surface area contributed by atoms with E-state index in [0.717, 1.165) is 12.3 Å². The second kappa shape index (κ2) is 5.06. The van der Waals surface area contributed by atoms with E-state index in [1.54, 1.807) is 0 Å². The largest absolute Gasteiger partial charge is 0.352 e. The lowest BCUT2D eigenvalue weighted by atomic mass is 9.93. The standard InChI is InChI=1S/C11H21NOS/c1-4-9-5-6-10(7(9)2)12-11(13)8(3)14/h7-10,14H,4-6H2,1-3H3,(H,12,13). The van der Waals surface area contributed by atoms with E-state index in [-0.39, 0.29) is 11.2 Å². The number of carbonyl (C=O) groups excluding carboxylic acids is 1. The molecule has 1 saturated carbocycles. The van der Waals surface area contributed by atoms with Crippen molar-refractivity contribution in [1.29, 1.82) is 0 Å². The summed E-state index contributed by atoms with van der Waals surface area (Å²) >= 11 is 4.13. The van der Waals surface area contributed by atoms with Crippen molar-refractivity contribution in [3.8, 4) is 0 Å². The van der Waals surface area contributed by atoms with Gasteiger partial charge in [0.1, 0.15) is 0 Å². The van der Waals surface area contributed by atoms with Gasteiger partial charge in [-0.25, -0.2) is 0 Å². The lowest BCUT2D eigenvalue weighted by Gasteiger charge is -2.21. The third-order valence-corrected chi connectivity index (χ3v) is 3.69. The number of carbonyl (C=O) groups is 1. The van der Waals surface area contributed by atoms with Gasteiger partial charge in [-0.1, -0.05) is 20.3 Å². The lowest BCUT2D eigenvalue weighted by molar-refractivity contribution is -0.121. The lowest BCUT2D eigenvalue weighted by Crippen LogP contribution is -2.40. The van der Waals surface area contributed by atoms with Crippen molar-refractivity contribution >= 4 is 18.5 Å². The van der Waals surface area contributed by atoms with Crippen LogP contribution in [-0.2, 0) is 4.79 Å². The normalized spacial score (nSPS) is 34.1. The average molecular weight is 215 g/mol. The van der Waals surface area contributed by atoms with E-state index < -0.39 is 0 Å². The van der Waals surface area contributed by atoms with Gasteiger partial charge in [0.2, 0.25) is 5.91 Å². The van der Waals surface area contributed by atoms with Gasteiger partial charge in [-0.3, -0.25) is 4.79 Å². The minimum Gasteiger partial charge on any atom is -0.352 e. The van der Waals surface area contributed by atoms with Gasteiger partial charge in [0.05, 0.1) is 5.25 Å². The molecule has 0 saturated heterocycles. The first-order chi connectivity index (χ1) is 6.56. The molecule has 0 spiro atoms. The summed E-state index contributed by atoms with van der Waals surface area (Å²) in [6, 6.07) is 0.377. The van der Waals surface area contributed by atoms with E-state index in [1.807, 2.05) is 6.92 Å². The Hall–Kier alpha value is -0.180. The Labute approximate surface area is 92.2 Å². The van der Waals surface area contributed by atoms with Crippen molar-refractivity contribution in [3.05, 3.63) is 0 Å². The van der Waals surface area contributed by atoms with Crippen LogP contribution >= 0.6 is 12.6 Å². The SMILES string of the molecule is CCC1CCC(NC(=O)C(C)S)C1C. The van der Waals surface area contributed by atoms with E-state index in [4.69, 9.17) is 0 Å². The molecule has 14 heavy (non-hydrogen) atoms. The van der Waals surface area contributed by atoms with E-state index >= 15 is 0 Å². The van der Waals surface area contributed by atoms with Crippen LogP contribution in [0.5, 0.6) is 0 Å². The number of hydrogen-bond acceptors (Lipinski definition) is 2. The van der Waals surface area contributed by atoms with Crippen LogP contribution in [0, 0.1) is 11.8 Å². The van der Waals surface area contributed by atoms with Crippen LogP contribution in [0.15, 0.2) is 0 Å². The summed E-state index contributed by atoms with van der Waals surface area (Å²) < 4.78 is 0. The predicted octanol–water partition coefficient (Wildman–Crippen LogP) is 2.25. The molecular formula is C11H21NOS. The fourth-order valence-electron chi connectivity index (χ4n) is 2.33. The minimum atomic E-state index is -0.192. The van der Waals surface area contributed by atoms with Crippen molar-refractivity contribution in [2.24, 2.45) is 11.8 Å². The summed E-state index contributed by atoms with van der Waals surface area (Å²) in [6.07, 6.45) is 3.61. The Balaban J connectivity index is 2.44. The molecule has 0 aliphatic heterocycles. The zero-order chi connectivity index (χ0) is 10.7. The maximum atomic E-state index is 11.5. The van der Waals surface area contributed by atoms with Crippen LogP contribution < -0.4 is 5.32 Å². The molecule has 1 rings (SSSR count). The molecule has 0 bridgehead atoms. The van der Waals surface area contributed by atoms with Gasteiger partial charge < -0.3 is 5.32 Å². The van der Waals surface area contributed by atoms with Gasteiger partial charge in [-0.15, -0.1) is 0 Å². The molecule has 1 aliphatic rings. The highest BCUT2D eigenvalue weighted by Gasteiger charge is 2.32. The Kier molecular flexibility index (Phi) is 4.30. The first-order valence-corrected chi connectivity index (χ1v) is 6.06. The highest BCUT2D eigenvalue weighted by atomic mass is 32.1. The molecule has 0 aromatic rings. The molecule has 3 heteroatoms. The predicted molar refractivity (Wildman–Crippen MR) is 62.6 cm³/mol. The van der Waals surface area contributed by atoms with Crippen LogP contribution in [0.1, 0.15) is 40.0 Å². The van der Waals surface area contributed by atoms with Gasteiger partial charge >= 0.3 is 0 Å². The van der Waals surface area contributed by atoms with Gasteiger partial charge in [-0.05, 0) is 31.6 Å².